The number of rotatable bonds is 7. The highest BCUT2D eigenvalue weighted by atomic mass is 32.2. The number of aromatic nitrogens is 1. The van der Waals surface area contributed by atoms with Crippen molar-refractivity contribution in [3.63, 3.8) is 0 Å². The molecule has 0 spiro atoms. The zero-order valence-corrected chi connectivity index (χ0v) is 24.3. The van der Waals surface area contributed by atoms with Crippen LogP contribution in [0, 0.1) is 22.7 Å². The largest absolute Gasteiger partial charge is 0.376 e. The monoisotopic (exact) mass is 565 g/mol. The van der Waals surface area contributed by atoms with E-state index in [0.29, 0.717) is 24.3 Å². The fourth-order valence-electron chi connectivity index (χ4n) is 6.88. The zero-order chi connectivity index (χ0) is 29.5. The van der Waals surface area contributed by atoms with Crippen LogP contribution in [0.5, 0.6) is 0 Å². The SMILES string of the molecule is CC(C(=O)c1cc2c([nH]c1=O)CCOC2)C1(C(N)=O)N(C(=O)[C@@H](NS(C)(=O)=O)C(C)(C)C)CC2C(C)(C)C21N. The topological polar surface area (TPSA) is 195 Å². The van der Waals surface area contributed by atoms with Gasteiger partial charge in [0.15, 0.2) is 5.78 Å². The van der Waals surface area contributed by atoms with E-state index in [-0.39, 0.29) is 18.7 Å². The second kappa shape index (κ2) is 8.95. The molecule has 2 fully saturated rings. The highest BCUT2D eigenvalue weighted by Crippen LogP contribution is 2.72. The second-order valence-electron chi connectivity index (χ2n) is 12.8. The van der Waals surface area contributed by atoms with Gasteiger partial charge in [-0.2, -0.15) is 0 Å². The summed E-state index contributed by atoms with van der Waals surface area (Å²) in [6.45, 7) is 10.8. The third kappa shape index (κ3) is 4.16. The first kappa shape index (κ1) is 29.4. The van der Waals surface area contributed by atoms with Gasteiger partial charge >= 0.3 is 0 Å². The molecule has 12 nitrogen and oxygen atoms in total. The maximum atomic E-state index is 14.2. The third-order valence-electron chi connectivity index (χ3n) is 9.17. The zero-order valence-electron chi connectivity index (χ0n) is 23.5. The number of hydrogen-bond donors (Lipinski definition) is 4. The van der Waals surface area contributed by atoms with E-state index < -0.39 is 73.0 Å². The van der Waals surface area contributed by atoms with E-state index >= 15 is 0 Å². The van der Waals surface area contributed by atoms with E-state index in [0.717, 1.165) is 6.26 Å². The predicted molar refractivity (Wildman–Crippen MR) is 143 cm³/mol. The molecule has 4 unspecified atom stereocenters. The van der Waals surface area contributed by atoms with E-state index in [9.17, 15) is 27.6 Å². The van der Waals surface area contributed by atoms with Crippen LogP contribution in [0.25, 0.3) is 0 Å². The lowest BCUT2D eigenvalue weighted by atomic mass is 9.69. The smallest absolute Gasteiger partial charge is 0.259 e. The van der Waals surface area contributed by atoms with Gasteiger partial charge in [-0.1, -0.05) is 41.5 Å². The Bertz CT molecular complexity index is 1410. The molecule has 2 aliphatic heterocycles. The Hall–Kier alpha value is -2.61. The molecule has 13 heteroatoms. The van der Waals surface area contributed by atoms with Crippen molar-refractivity contribution in [3.8, 4) is 0 Å². The van der Waals surface area contributed by atoms with E-state index in [1.165, 1.54) is 17.9 Å². The molecule has 1 aromatic rings. The van der Waals surface area contributed by atoms with E-state index in [1.54, 1.807) is 20.8 Å². The highest BCUT2D eigenvalue weighted by molar-refractivity contribution is 7.88. The highest BCUT2D eigenvalue weighted by Gasteiger charge is 2.87. The lowest BCUT2D eigenvalue weighted by Crippen LogP contribution is -2.74. The van der Waals surface area contributed by atoms with Crippen LogP contribution < -0.4 is 21.7 Å². The molecule has 0 aromatic carbocycles. The molecule has 1 saturated heterocycles. The summed E-state index contributed by atoms with van der Waals surface area (Å²) in [7, 11) is -3.84. The lowest BCUT2D eigenvalue weighted by Gasteiger charge is -2.49. The Morgan fingerprint density at radius 3 is 2.41 bits per heavy atom. The molecule has 1 aliphatic carbocycles. The van der Waals surface area contributed by atoms with Crippen LogP contribution in [0.3, 0.4) is 0 Å². The second-order valence-corrected chi connectivity index (χ2v) is 14.6. The number of piperidine rings is 1. The Balaban J connectivity index is 1.87. The summed E-state index contributed by atoms with van der Waals surface area (Å²) >= 11 is 0. The van der Waals surface area contributed by atoms with E-state index in [2.05, 4.69) is 9.71 Å². The number of ketones is 1. The van der Waals surface area contributed by atoms with Crippen LogP contribution in [-0.4, -0.2) is 72.4 Å². The molecule has 5 atom stereocenters. The maximum Gasteiger partial charge on any atom is 0.259 e. The molecule has 1 saturated carbocycles. The number of likely N-dealkylation sites (tertiary alicyclic amines) is 1. The molecule has 0 bridgehead atoms. The summed E-state index contributed by atoms with van der Waals surface area (Å²) in [5.74, 6) is -4.12. The molecule has 2 amide bonds. The quantitative estimate of drug-likeness (QED) is 0.322. The van der Waals surface area contributed by atoms with Crippen molar-refractivity contribution in [2.75, 3.05) is 19.4 Å². The number of aromatic amines is 1. The molecule has 1 aromatic heterocycles. The van der Waals surface area contributed by atoms with Gasteiger partial charge in [0.05, 0.1) is 36.5 Å². The van der Waals surface area contributed by atoms with Gasteiger partial charge in [0, 0.05) is 24.6 Å². The fourth-order valence-corrected chi connectivity index (χ4v) is 7.77. The van der Waals surface area contributed by atoms with E-state index in [4.69, 9.17) is 16.2 Å². The first-order valence-electron chi connectivity index (χ1n) is 13.0. The van der Waals surface area contributed by atoms with Gasteiger partial charge in [-0.15, -0.1) is 0 Å². The van der Waals surface area contributed by atoms with Crippen LogP contribution in [0.15, 0.2) is 10.9 Å². The van der Waals surface area contributed by atoms with Crippen molar-refractivity contribution in [3.05, 3.63) is 33.2 Å². The number of H-pyrrole nitrogens is 1. The van der Waals surface area contributed by atoms with E-state index in [1.807, 2.05) is 13.8 Å². The lowest BCUT2D eigenvalue weighted by molar-refractivity contribution is -0.152. The molecule has 3 heterocycles. The number of amides is 2. The average Bonchev–Trinajstić information content (AvgIpc) is 3.08. The van der Waals surface area contributed by atoms with Crippen molar-refractivity contribution in [1.29, 1.82) is 0 Å². The molecule has 0 radical (unpaired) electrons. The number of fused-ring (bicyclic) bond motifs is 2. The van der Waals surface area contributed by atoms with Crippen LogP contribution in [0.4, 0.5) is 0 Å². The van der Waals surface area contributed by atoms with Gasteiger partial charge in [0.25, 0.3) is 5.56 Å². The molecular formula is C26H39N5O7S. The summed E-state index contributed by atoms with van der Waals surface area (Å²) in [6, 6.07) is 0.186. The minimum absolute atomic E-state index is 0.00466. The van der Waals surface area contributed by atoms with Crippen LogP contribution in [-0.2, 0) is 37.4 Å². The molecular weight excluding hydrogens is 526 g/mol. The van der Waals surface area contributed by atoms with Crippen molar-refractivity contribution in [2.45, 2.75) is 71.7 Å². The average molecular weight is 566 g/mol. The third-order valence-corrected chi connectivity index (χ3v) is 9.83. The molecule has 4 rings (SSSR count). The van der Waals surface area contributed by atoms with Gasteiger partial charge in [-0.25, -0.2) is 13.1 Å². The first-order valence-corrected chi connectivity index (χ1v) is 14.9. The number of pyridine rings is 1. The predicted octanol–water partition coefficient (Wildman–Crippen LogP) is -0.350. The van der Waals surface area contributed by atoms with Gasteiger partial charge in [0.2, 0.25) is 21.8 Å². The molecule has 6 N–H and O–H groups in total. The van der Waals surface area contributed by atoms with Crippen molar-refractivity contribution in [2.24, 2.45) is 34.1 Å². The van der Waals surface area contributed by atoms with Crippen LogP contribution in [0.1, 0.15) is 63.2 Å². The van der Waals surface area contributed by atoms with Gasteiger partial charge in [-0.3, -0.25) is 19.2 Å². The van der Waals surface area contributed by atoms with Gasteiger partial charge < -0.3 is 26.1 Å². The molecule has 216 valence electrons. The number of nitrogens with one attached hydrogen (secondary N) is 2. The standard InChI is InChI=1S/C26H39N5O7S/c1-13(18(32)15-10-14-12-38-9-8-16(14)29-20(15)33)25(22(27)35)26(28)17(24(26,5)6)11-31(25)21(34)19(23(2,3)4)30-39(7,36)37/h10,13,17,19,30H,8-9,11-12,28H2,1-7H3,(H2,27,35)(H,29,33)/t13?,17?,19-,25?,26?/m1/s1. The fraction of sp³-hybridized carbons (Fsp3) is 0.692. The Labute approximate surface area is 228 Å². The van der Waals surface area contributed by atoms with Gasteiger partial charge in [-0.05, 0) is 22.5 Å². The van der Waals surface area contributed by atoms with Crippen LogP contribution in [0.2, 0.25) is 0 Å². The minimum atomic E-state index is -3.84. The van der Waals surface area contributed by atoms with Crippen molar-refractivity contribution in [1.82, 2.24) is 14.6 Å². The van der Waals surface area contributed by atoms with Gasteiger partial charge in [0.1, 0.15) is 11.6 Å². The Kier molecular flexibility index (Phi) is 6.74. The number of nitrogens with zero attached hydrogens (tertiary/aromatic N) is 1. The summed E-state index contributed by atoms with van der Waals surface area (Å²) < 4.78 is 32.3. The Morgan fingerprint density at radius 2 is 1.87 bits per heavy atom. The summed E-state index contributed by atoms with van der Waals surface area (Å²) in [5.41, 5.74) is 8.54. The number of primary amides is 1. The number of sulfonamides is 1. The summed E-state index contributed by atoms with van der Waals surface area (Å²) in [6.07, 6.45) is 1.43. The summed E-state index contributed by atoms with van der Waals surface area (Å²) in [4.78, 5) is 58.8. The molecule has 3 aliphatic rings. The van der Waals surface area contributed by atoms with Crippen molar-refractivity contribution < 1.29 is 27.5 Å². The number of carbonyl (C=O) groups excluding carboxylic acids is 3. The Morgan fingerprint density at radius 1 is 1.26 bits per heavy atom. The number of carbonyl (C=O) groups is 3. The van der Waals surface area contributed by atoms with Crippen LogP contribution >= 0.6 is 0 Å². The number of Topliss-reactive ketones (excluding diaryl/α,β-unsaturated/α-hetero) is 1. The number of hydrogen-bond acceptors (Lipinski definition) is 8. The molecule has 39 heavy (non-hydrogen) atoms. The first-order chi connectivity index (χ1) is 17.7. The van der Waals surface area contributed by atoms with Crippen molar-refractivity contribution >= 4 is 27.6 Å². The minimum Gasteiger partial charge on any atom is -0.376 e. The maximum absolute atomic E-state index is 14.2. The normalized spacial score (nSPS) is 29.2. The number of ether oxygens (including phenoxy) is 1. The summed E-state index contributed by atoms with van der Waals surface area (Å²) in [5, 5.41) is 0. The number of nitrogens with two attached hydrogens (primary N) is 2.